The molecule has 5 heteroatoms. The summed E-state index contributed by atoms with van der Waals surface area (Å²) in [6.45, 7) is 7.06. The van der Waals surface area contributed by atoms with E-state index < -0.39 is 5.97 Å². The molecule has 0 aliphatic carbocycles. The number of hydrogen-bond acceptors (Lipinski definition) is 3. The molecular formula is C15H21NO4. The maximum absolute atomic E-state index is 12.4. The van der Waals surface area contributed by atoms with E-state index in [9.17, 15) is 9.59 Å². The van der Waals surface area contributed by atoms with E-state index in [-0.39, 0.29) is 24.6 Å². The fraction of sp³-hybridized carbons (Fsp3) is 0.467. The number of carbonyl (C=O) groups is 2. The van der Waals surface area contributed by atoms with E-state index in [1.165, 1.54) is 4.90 Å². The first-order chi connectivity index (χ1) is 9.31. The average molecular weight is 279 g/mol. The highest BCUT2D eigenvalue weighted by Crippen LogP contribution is 2.17. The lowest BCUT2D eigenvalue weighted by molar-refractivity contribution is -0.138. The fourth-order valence-corrected chi connectivity index (χ4v) is 1.78. The Bertz CT molecular complexity index is 483. The molecule has 0 spiro atoms. The van der Waals surface area contributed by atoms with Crippen molar-refractivity contribution in [1.29, 1.82) is 0 Å². The second-order valence-electron chi connectivity index (χ2n) is 5.11. The third-order valence-electron chi connectivity index (χ3n) is 2.64. The van der Waals surface area contributed by atoms with Crippen molar-refractivity contribution < 1.29 is 19.4 Å². The minimum atomic E-state index is -1.03. The molecule has 5 nitrogen and oxygen atoms in total. The highest BCUT2D eigenvalue weighted by Gasteiger charge is 2.21. The Morgan fingerprint density at radius 3 is 2.40 bits per heavy atom. The van der Waals surface area contributed by atoms with E-state index in [1.54, 1.807) is 38.1 Å². The molecule has 1 amide bonds. The Morgan fingerprint density at radius 2 is 1.90 bits per heavy atom. The molecule has 0 heterocycles. The van der Waals surface area contributed by atoms with Crippen molar-refractivity contribution in [2.24, 2.45) is 0 Å². The number of hydrogen-bond donors (Lipinski definition) is 1. The van der Waals surface area contributed by atoms with Crippen LogP contribution >= 0.6 is 0 Å². The van der Waals surface area contributed by atoms with Gasteiger partial charge in [0.25, 0.3) is 5.91 Å². The summed E-state index contributed by atoms with van der Waals surface area (Å²) in [4.78, 5) is 24.5. The number of rotatable bonds is 6. The average Bonchev–Trinajstić information content (AvgIpc) is 2.34. The van der Waals surface area contributed by atoms with Crippen molar-refractivity contribution in [2.75, 3.05) is 6.54 Å². The van der Waals surface area contributed by atoms with E-state index in [1.807, 2.05) is 13.8 Å². The molecule has 0 saturated carbocycles. The third-order valence-corrected chi connectivity index (χ3v) is 2.64. The normalized spacial score (nSPS) is 10.7. The summed E-state index contributed by atoms with van der Waals surface area (Å²) < 4.78 is 5.54. The molecular weight excluding hydrogens is 258 g/mol. The highest BCUT2D eigenvalue weighted by atomic mass is 16.5. The number of nitrogens with zero attached hydrogens (tertiary/aromatic N) is 1. The number of ether oxygens (including phenoxy) is 1. The van der Waals surface area contributed by atoms with Crippen molar-refractivity contribution in [2.45, 2.75) is 39.8 Å². The molecule has 0 unspecified atom stereocenters. The lowest BCUT2D eigenvalue weighted by Gasteiger charge is -2.25. The summed E-state index contributed by atoms with van der Waals surface area (Å²) in [7, 11) is 0. The van der Waals surface area contributed by atoms with Crippen LogP contribution in [0.25, 0.3) is 0 Å². The van der Waals surface area contributed by atoms with Crippen molar-refractivity contribution in [3.63, 3.8) is 0 Å². The van der Waals surface area contributed by atoms with Gasteiger partial charge in [-0.05, 0) is 45.9 Å². The van der Waals surface area contributed by atoms with Gasteiger partial charge >= 0.3 is 5.97 Å². The summed E-state index contributed by atoms with van der Waals surface area (Å²) >= 11 is 0. The van der Waals surface area contributed by atoms with E-state index >= 15 is 0 Å². The topological polar surface area (TPSA) is 66.8 Å². The summed E-state index contributed by atoms with van der Waals surface area (Å²) in [5.41, 5.74) is 0.429. The van der Waals surface area contributed by atoms with Gasteiger partial charge in [-0.25, -0.2) is 0 Å². The lowest BCUT2D eigenvalue weighted by atomic mass is 10.1. The second kappa shape index (κ2) is 6.93. The summed E-state index contributed by atoms with van der Waals surface area (Å²) in [6.07, 6.45) is 0.0144. The Morgan fingerprint density at radius 1 is 1.25 bits per heavy atom. The van der Waals surface area contributed by atoms with Crippen molar-refractivity contribution in [1.82, 2.24) is 4.90 Å². The van der Waals surface area contributed by atoms with Gasteiger partial charge in [-0.3, -0.25) is 9.59 Å². The first-order valence-corrected chi connectivity index (χ1v) is 6.60. The second-order valence-corrected chi connectivity index (χ2v) is 5.11. The number of carboxylic acids is 1. The van der Waals surface area contributed by atoms with Crippen LogP contribution in [0, 0.1) is 0 Å². The minimum absolute atomic E-state index is 0.0144. The predicted octanol–water partition coefficient (Wildman–Crippen LogP) is 2.41. The van der Waals surface area contributed by atoms with Crippen LogP contribution in [0.2, 0.25) is 0 Å². The number of aliphatic carboxylic acids is 1. The molecule has 1 aromatic rings. The van der Waals surface area contributed by atoms with Crippen LogP contribution < -0.4 is 4.74 Å². The van der Waals surface area contributed by atoms with Gasteiger partial charge in [-0.2, -0.15) is 0 Å². The maximum Gasteiger partial charge on any atom is 0.323 e. The van der Waals surface area contributed by atoms with Crippen molar-refractivity contribution >= 4 is 11.9 Å². The molecule has 1 rings (SSSR count). The third kappa shape index (κ3) is 4.57. The molecule has 0 fully saturated rings. The van der Waals surface area contributed by atoms with Gasteiger partial charge in [0.2, 0.25) is 0 Å². The zero-order chi connectivity index (χ0) is 15.3. The zero-order valence-corrected chi connectivity index (χ0v) is 12.3. The van der Waals surface area contributed by atoms with Crippen LogP contribution in [-0.4, -0.2) is 40.6 Å². The summed E-state index contributed by atoms with van der Waals surface area (Å²) in [6, 6.07) is 6.61. The van der Waals surface area contributed by atoms with Crippen LogP contribution in [0.1, 0.15) is 38.1 Å². The first kappa shape index (κ1) is 16.0. The number of benzene rings is 1. The van der Waals surface area contributed by atoms with Gasteiger partial charge in [-0.15, -0.1) is 0 Å². The smallest absolute Gasteiger partial charge is 0.323 e. The van der Waals surface area contributed by atoms with Gasteiger partial charge in [0.05, 0.1) is 6.10 Å². The van der Waals surface area contributed by atoms with Crippen LogP contribution in [-0.2, 0) is 4.79 Å². The molecule has 0 aliphatic heterocycles. The predicted molar refractivity (Wildman–Crippen MR) is 76.0 cm³/mol. The number of amides is 1. The Labute approximate surface area is 119 Å². The monoisotopic (exact) mass is 279 g/mol. The lowest BCUT2D eigenvalue weighted by Crippen LogP contribution is -2.40. The Kier molecular flexibility index (Phi) is 5.55. The first-order valence-electron chi connectivity index (χ1n) is 6.60. The van der Waals surface area contributed by atoms with Crippen LogP contribution in [0.3, 0.4) is 0 Å². The minimum Gasteiger partial charge on any atom is -0.491 e. The standard InChI is InChI=1S/C15H21NO4/c1-10(2)16(9-14(17)18)15(19)12-6-5-7-13(8-12)20-11(3)4/h5-8,10-11H,9H2,1-4H3,(H,17,18). The number of carboxylic acid groups (broad SMARTS) is 1. The number of carbonyl (C=O) groups excluding carboxylic acids is 1. The van der Waals surface area contributed by atoms with Gasteiger partial charge in [0, 0.05) is 11.6 Å². The molecule has 0 atom stereocenters. The molecule has 1 aromatic carbocycles. The van der Waals surface area contributed by atoms with Crippen LogP contribution in [0.4, 0.5) is 0 Å². The van der Waals surface area contributed by atoms with E-state index in [0.29, 0.717) is 11.3 Å². The maximum atomic E-state index is 12.4. The molecule has 0 radical (unpaired) electrons. The fourth-order valence-electron chi connectivity index (χ4n) is 1.78. The van der Waals surface area contributed by atoms with E-state index in [4.69, 9.17) is 9.84 Å². The SMILES string of the molecule is CC(C)Oc1cccc(C(=O)N(CC(=O)O)C(C)C)c1. The summed E-state index contributed by atoms with van der Waals surface area (Å²) in [5, 5.41) is 8.88. The van der Waals surface area contributed by atoms with Crippen LogP contribution in [0.15, 0.2) is 24.3 Å². The van der Waals surface area contributed by atoms with Crippen molar-refractivity contribution in [3.05, 3.63) is 29.8 Å². The van der Waals surface area contributed by atoms with Crippen molar-refractivity contribution in [3.8, 4) is 5.75 Å². The largest absolute Gasteiger partial charge is 0.491 e. The van der Waals surface area contributed by atoms with Gasteiger partial charge in [0.1, 0.15) is 12.3 Å². The molecule has 20 heavy (non-hydrogen) atoms. The molecule has 0 saturated heterocycles. The molecule has 0 aromatic heterocycles. The van der Waals surface area contributed by atoms with E-state index in [2.05, 4.69) is 0 Å². The molecule has 0 aliphatic rings. The van der Waals surface area contributed by atoms with E-state index in [0.717, 1.165) is 0 Å². The summed E-state index contributed by atoms with van der Waals surface area (Å²) in [5.74, 6) is -0.733. The quantitative estimate of drug-likeness (QED) is 0.868. The molecule has 0 bridgehead atoms. The van der Waals surface area contributed by atoms with Gasteiger partial charge in [-0.1, -0.05) is 6.07 Å². The Balaban J connectivity index is 2.96. The molecule has 1 N–H and O–H groups in total. The zero-order valence-electron chi connectivity index (χ0n) is 12.3. The Hall–Kier alpha value is -2.04. The highest BCUT2D eigenvalue weighted by molar-refractivity contribution is 5.96. The van der Waals surface area contributed by atoms with Gasteiger partial charge in [0.15, 0.2) is 0 Å². The van der Waals surface area contributed by atoms with Crippen LogP contribution in [0.5, 0.6) is 5.75 Å². The molecule has 110 valence electrons. The van der Waals surface area contributed by atoms with Gasteiger partial charge < -0.3 is 14.7 Å².